The van der Waals surface area contributed by atoms with E-state index >= 15 is 0 Å². The van der Waals surface area contributed by atoms with E-state index in [1.54, 1.807) is 31.2 Å². The lowest BCUT2D eigenvalue weighted by Crippen LogP contribution is -2.09. The predicted octanol–water partition coefficient (Wildman–Crippen LogP) is 4.80. The Bertz CT molecular complexity index is 651. The molecule has 2 N–H and O–H groups in total. The van der Waals surface area contributed by atoms with E-state index < -0.39 is 11.7 Å². The van der Waals surface area contributed by atoms with Gasteiger partial charge in [0.2, 0.25) is 5.91 Å². The lowest BCUT2D eigenvalue weighted by molar-refractivity contribution is -0.136. The summed E-state index contributed by atoms with van der Waals surface area (Å²) >= 11 is 0. The Hall–Kier alpha value is -2.50. The minimum atomic E-state index is -4.42. The number of carbonyl (C=O) groups excluding carboxylic acids is 1. The van der Waals surface area contributed by atoms with Crippen LogP contribution in [0.2, 0.25) is 0 Å². The second-order valence-corrected chi connectivity index (χ2v) is 4.65. The molecule has 0 aliphatic carbocycles. The number of hydrogen-bond acceptors (Lipinski definition) is 2. The molecule has 0 spiro atoms. The Morgan fingerprint density at radius 3 is 2.18 bits per heavy atom. The highest BCUT2D eigenvalue weighted by molar-refractivity contribution is 5.90. The van der Waals surface area contributed by atoms with Crippen molar-refractivity contribution in [1.82, 2.24) is 0 Å². The molecule has 22 heavy (non-hydrogen) atoms. The normalized spacial score (nSPS) is 11.1. The first kappa shape index (κ1) is 15.9. The van der Waals surface area contributed by atoms with E-state index in [4.69, 9.17) is 0 Å². The van der Waals surface area contributed by atoms with Crippen LogP contribution in [-0.4, -0.2) is 5.91 Å². The van der Waals surface area contributed by atoms with Crippen LogP contribution in [0, 0.1) is 0 Å². The number of carbonyl (C=O) groups is 1. The van der Waals surface area contributed by atoms with Gasteiger partial charge in [0.25, 0.3) is 0 Å². The average molecular weight is 308 g/mol. The summed E-state index contributed by atoms with van der Waals surface area (Å²) in [7, 11) is 0. The van der Waals surface area contributed by atoms with Crippen LogP contribution in [0.5, 0.6) is 0 Å². The lowest BCUT2D eigenvalue weighted by atomic mass is 10.1. The summed E-state index contributed by atoms with van der Waals surface area (Å²) in [5.74, 6) is -0.122. The van der Waals surface area contributed by atoms with E-state index in [0.29, 0.717) is 17.8 Å². The summed E-state index contributed by atoms with van der Waals surface area (Å²) < 4.78 is 38.7. The second kappa shape index (κ2) is 6.51. The Labute approximate surface area is 126 Å². The van der Waals surface area contributed by atoms with Gasteiger partial charge in [-0.2, -0.15) is 13.2 Å². The third-order valence-electron chi connectivity index (χ3n) is 3.00. The monoisotopic (exact) mass is 308 g/mol. The van der Waals surface area contributed by atoms with Crippen LogP contribution in [0.1, 0.15) is 18.9 Å². The van der Waals surface area contributed by atoms with Crippen molar-refractivity contribution in [2.45, 2.75) is 19.5 Å². The van der Waals surface area contributed by atoms with Gasteiger partial charge >= 0.3 is 6.18 Å². The topological polar surface area (TPSA) is 41.1 Å². The number of amides is 1. The first-order valence-electron chi connectivity index (χ1n) is 6.73. The number of hydrogen-bond donors (Lipinski definition) is 2. The Morgan fingerprint density at radius 2 is 1.59 bits per heavy atom. The predicted molar refractivity (Wildman–Crippen MR) is 80.1 cm³/mol. The molecule has 0 atom stereocenters. The highest BCUT2D eigenvalue weighted by Gasteiger charge is 2.33. The van der Waals surface area contributed by atoms with Crippen LogP contribution in [0.15, 0.2) is 48.5 Å². The fraction of sp³-hybridized carbons (Fsp3) is 0.188. The third kappa shape index (κ3) is 4.00. The molecule has 2 rings (SSSR count). The van der Waals surface area contributed by atoms with E-state index in [-0.39, 0.29) is 11.6 Å². The molecule has 0 aliphatic heterocycles. The van der Waals surface area contributed by atoms with Crippen LogP contribution in [0.3, 0.4) is 0 Å². The average Bonchev–Trinajstić information content (AvgIpc) is 2.48. The van der Waals surface area contributed by atoms with E-state index in [0.717, 1.165) is 6.07 Å². The van der Waals surface area contributed by atoms with Crippen LogP contribution >= 0.6 is 0 Å². The lowest BCUT2D eigenvalue weighted by Gasteiger charge is -2.14. The number of rotatable bonds is 4. The van der Waals surface area contributed by atoms with Crippen LogP contribution < -0.4 is 10.6 Å². The standard InChI is InChI=1S/C16H15F3N2O/c1-2-15(22)21-12-9-7-11(8-10-12)20-14-6-4-3-5-13(14)16(17,18)19/h3-10,20H,2H2,1H3,(H,21,22). The van der Waals surface area contributed by atoms with E-state index in [1.165, 1.54) is 18.2 Å². The summed E-state index contributed by atoms with van der Waals surface area (Å²) in [6.45, 7) is 1.74. The van der Waals surface area contributed by atoms with Crippen molar-refractivity contribution in [3.63, 3.8) is 0 Å². The molecule has 0 radical (unpaired) electrons. The van der Waals surface area contributed by atoms with Gasteiger partial charge in [0, 0.05) is 17.8 Å². The molecule has 0 heterocycles. The smallest absolute Gasteiger partial charge is 0.355 e. The minimum Gasteiger partial charge on any atom is -0.355 e. The number of benzene rings is 2. The Balaban J connectivity index is 2.17. The molecule has 0 aliphatic rings. The zero-order chi connectivity index (χ0) is 16.2. The second-order valence-electron chi connectivity index (χ2n) is 4.65. The largest absolute Gasteiger partial charge is 0.418 e. The summed E-state index contributed by atoms with van der Waals surface area (Å²) in [5.41, 5.74) is 0.367. The number of anilines is 3. The van der Waals surface area contributed by atoms with Gasteiger partial charge < -0.3 is 10.6 Å². The molecular weight excluding hydrogens is 293 g/mol. The van der Waals surface area contributed by atoms with Gasteiger partial charge in [0.15, 0.2) is 0 Å². The van der Waals surface area contributed by atoms with Gasteiger partial charge in [-0.1, -0.05) is 19.1 Å². The van der Waals surface area contributed by atoms with Gasteiger partial charge in [-0.15, -0.1) is 0 Å². The number of alkyl halides is 3. The van der Waals surface area contributed by atoms with Gasteiger partial charge in [-0.3, -0.25) is 4.79 Å². The van der Waals surface area contributed by atoms with Crippen molar-refractivity contribution in [3.05, 3.63) is 54.1 Å². The quantitative estimate of drug-likeness (QED) is 0.852. The van der Waals surface area contributed by atoms with Gasteiger partial charge in [0.05, 0.1) is 11.3 Å². The minimum absolute atomic E-state index is 0.0136. The van der Waals surface area contributed by atoms with Crippen molar-refractivity contribution in [2.24, 2.45) is 0 Å². The Morgan fingerprint density at radius 1 is 1.00 bits per heavy atom. The molecule has 2 aromatic rings. The van der Waals surface area contributed by atoms with Crippen molar-refractivity contribution in [1.29, 1.82) is 0 Å². The number of para-hydroxylation sites is 1. The summed E-state index contributed by atoms with van der Waals surface area (Å²) in [5, 5.41) is 5.41. The molecule has 0 fully saturated rings. The summed E-state index contributed by atoms with van der Waals surface area (Å²) in [6.07, 6.45) is -4.06. The highest BCUT2D eigenvalue weighted by atomic mass is 19.4. The van der Waals surface area contributed by atoms with Crippen LogP contribution in [0.4, 0.5) is 30.2 Å². The molecule has 116 valence electrons. The first-order chi connectivity index (χ1) is 10.4. The zero-order valence-corrected chi connectivity index (χ0v) is 11.9. The van der Waals surface area contributed by atoms with E-state index in [1.807, 2.05) is 0 Å². The summed E-state index contributed by atoms with van der Waals surface area (Å²) in [6, 6.07) is 11.8. The number of nitrogens with one attached hydrogen (secondary N) is 2. The molecular formula is C16H15F3N2O. The van der Waals surface area contributed by atoms with Crippen LogP contribution in [-0.2, 0) is 11.0 Å². The fourth-order valence-corrected chi connectivity index (χ4v) is 1.88. The molecule has 0 saturated carbocycles. The van der Waals surface area contributed by atoms with Gasteiger partial charge in [-0.25, -0.2) is 0 Å². The molecule has 0 saturated heterocycles. The van der Waals surface area contributed by atoms with Crippen molar-refractivity contribution >= 4 is 23.0 Å². The maximum absolute atomic E-state index is 12.9. The molecule has 0 bridgehead atoms. The maximum atomic E-state index is 12.9. The first-order valence-corrected chi connectivity index (χ1v) is 6.73. The molecule has 1 amide bonds. The molecule has 0 unspecified atom stereocenters. The van der Waals surface area contributed by atoms with Gasteiger partial charge in [-0.05, 0) is 36.4 Å². The maximum Gasteiger partial charge on any atom is 0.418 e. The molecule has 6 heteroatoms. The van der Waals surface area contributed by atoms with E-state index in [9.17, 15) is 18.0 Å². The molecule has 0 aromatic heterocycles. The van der Waals surface area contributed by atoms with Crippen molar-refractivity contribution in [3.8, 4) is 0 Å². The Kier molecular flexibility index (Phi) is 4.70. The SMILES string of the molecule is CCC(=O)Nc1ccc(Nc2ccccc2C(F)(F)F)cc1. The fourth-order valence-electron chi connectivity index (χ4n) is 1.88. The van der Waals surface area contributed by atoms with Crippen molar-refractivity contribution < 1.29 is 18.0 Å². The highest BCUT2D eigenvalue weighted by Crippen LogP contribution is 2.35. The number of halogens is 3. The molecule has 2 aromatic carbocycles. The summed E-state index contributed by atoms with van der Waals surface area (Å²) in [4.78, 5) is 11.3. The van der Waals surface area contributed by atoms with Gasteiger partial charge in [0.1, 0.15) is 0 Å². The molecule has 3 nitrogen and oxygen atoms in total. The zero-order valence-electron chi connectivity index (χ0n) is 11.9. The van der Waals surface area contributed by atoms with Crippen molar-refractivity contribution in [2.75, 3.05) is 10.6 Å². The third-order valence-corrected chi connectivity index (χ3v) is 3.00. The van der Waals surface area contributed by atoms with E-state index in [2.05, 4.69) is 10.6 Å². The van der Waals surface area contributed by atoms with Crippen LogP contribution in [0.25, 0.3) is 0 Å².